The molecule has 0 saturated heterocycles. The van der Waals surface area contributed by atoms with Gasteiger partial charge in [-0.05, 0) is 48.5 Å². The van der Waals surface area contributed by atoms with Crippen molar-refractivity contribution in [3.8, 4) is 5.75 Å². The Kier molecular flexibility index (Phi) is 3.97. The number of benzene rings is 2. The van der Waals surface area contributed by atoms with Crippen molar-refractivity contribution in [2.75, 3.05) is 4.90 Å². The number of ether oxygens (including phenoxy) is 1. The van der Waals surface area contributed by atoms with E-state index >= 15 is 0 Å². The summed E-state index contributed by atoms with van der Waals surface area (Å²) in [5.41, 5.74) is 1.21. The molecule has 3 aromatic rings. The van der Waals surface area contributed by atoms with E-state index < -0.39 is 5.97 Å². The van der Waals surface area contributed by atoms with Crippen molar-refractivity contribution in [3.05, 3.63) is 83.3 Å². The van der Waals surface area contributed by atoms with Gasteiger partial charge in [0.2, 0.25) is 5.76 Å². The Labute approximate surface area is 153 Å². The van der Waals surface area contributed by atoms with Gasteiger partial charge in [0.1, 0.15) is 18.1 Å². The fourth-order valence-electron chi connectivity index (χ4n) is 2.84. The molecule has 1 aromatic heterocycles. The number of carbonyl (C=O) groups is 3. The lowest BCUT2D eigenvalue weighted by Gasteiger charge is -2.14. The average molecular weight is 363 g/mol. The van der Waals surface area contributed by atoms with E-state index in [2.05, 4.69) is 0 Å². The first-order valence-electron chi connectivity index (χ1n) is 8.07. The molecular weight excluding hydrogens is 350 g/mol. The zero-order valence-electron chi connectivity index (χ0n) is 13.9. The van der Waals surface area contributed by atoms with Crippen LogP contribution in [0.25, 0.3) is 0 Å². The van der Waals surface area contributed by atoms with Crippen molar-refractivity contribution in [2.45, 2.75) is 6.61 Å². The van der Waals surface area contributed by atoms with Gasteiger partial charge in [0.25, 0.3) is 11.8 Å². The molecule has 1 aliphatic heterocycles. The van der Waals surface area contributed by atoms with Crippen molar-refractivity contribution in [1.82, 2.24) is 0 Å². The zero-order valence-corrected chi connectivity index (χ0v) is 13.9. The lowest BCUT2D eigenvalue weighted by molar-refractivity contribution is 0.0657. The van der Waals surface area contributed by atoms with Gasteiger partial charge in [-0.1, -0.05) is 12.1 Å². The topological polar surface area (TPSA) is 97.0 Å². The number of carbonyl (C=O) groups excluding carboxylic acids is 2. The zero-order chi connectivity index (χ0) is 19.0. The number of furan rings is 1. The molecule has 0 unspecified atom stereocenters. The van der Waals surface area contributed by atoms with Crippen LogP contribution in [0, 0.1) is 0 Å². The predicted molar refractivity (Wildman–Crippen MR) is 94.0 cm³/mol. The van der Waals surface area contributed by atoms with Gasteiger partial charge >= 0.3 is 5.97 Å². The van der Waals surface area contributed by atoms with E-state index in [-0.39, 0.29) is 24.2 Å². The first kappa shape index (κ1) is 16.6. The minimum absolute atomic E-state index is 0.0552. The second-order valence-corrected chi connectivity index (χ2v) is 5.84. The summed E-state index contributed by atoms with van der Waals surface area (Å²) in [4.78, 5) is 36.9. The van der Waals surface area contributed by atoms with Crippen LogP contribution >= 0.6 is 0 Å². The summed E-state index contributed by atoms with van der Waals surface area (Å²) in [6.07, 6.45) is 0. The molecule has 0 spiro atoms. The van der Waals surface area contributed by atoms with Crippen LogP contribution in [0.5, 0.6) is 5.75 Å². The summed E-state index contributed by atoms with van der Waals surface area (Å²) in [6.45, 7) is 0.0552. The number of nitrogens with zero attached hydrogens (tertiary/aromatic N) is 1. The summed E-state index contributed by atoms with van der Waals surface area (Å²) in [7, 11) is 0. The minimum atomic E-state index is -1.15. The maximum atomic E-state index is 12.5. The molecule has 0 fully saturated rings. The molecule has 0 aliphatic carbocycles. The summed E-state index contributed by atoms with van der Waals surface area (Å²) in [5.74, 6) is -1.16. The van der Waals surface area contributed by atoms with Crippen molar-refractivity contribution < 1.29 is 28.6 Å². The van der Waals surface area contributed by atoms with Crippen LogP contribution in [0.4, 0.5) is 5.69 Å². The molecule has 0 atom stereocenters. The number of rotatable bonds is 5. The Morgan fingerprint density at radius 3 is 2.11 bits per heavy atom. The van der Waals surface area contributed by atoms with Crippen LogP contribution in [0.15, 0.2) is 65.1 Å². The molecule has 7 nitrogen and oxygen atoms in total. The number of amides is 2. The van der Waals surface area contributed by atoms with E-state index in [0.717, 1.165) is 4.90 Å². The maximum absolute atomic E-state index is 12.5. The second kappa shape index (κ2) is 6.45. The molecule has 0 radical (unpaired) electrons. The molecule has 1 N–H and O–H groups in total. The fraction of sp³-hybridized carbons (Fsp3) is 0.0500. The van der Waals surface area contributed by atoms with E-state index in [9.17, 15) is 14.4 Å². The summed E-state index contributed by atoms with van der Waals surface area (Å²) in [6, 6.07) is 16.0. The quantitative estimate of drug-likeness (QED) is 0.698. The predicted octanol–water partition coefficient (Wildman–Crippen LogP) is 3.36. The van der Waals surface area contributed by atoms with E-state index in [1.165, 1.54) is 12.1 Å². The molecule has 2 aromatic carbocycles. The Morgan fingerprint density at radius 2 is 1.56 bits per heavy atom. The first-order chi connectivity index (χ1) is 13.0. The van der Waals surface area contributed by atoms with Gasteiger partial charge in [-0.3, -0.25) is 9.59 Å². The number of anilines is 1. The van der Waals surface area contributed by atoms with Gasteiger partial charge in [0.05, 0.1) is 16.8 Å². The first-order valence-corrected chi connectivity index (χ1v) is 8.07. The Bertz CT molecular complexity index is 1020. The highest BCUT2D eigenvalue weighted by Gasteiger charge is 2.36. The van der Waals surface area contributed by atoms with E-state index in [1.54, 1.807) is 48.5 Å². The molecule has 0 bridgehead atoms. The standard InChI is InChI=1S/C20H13NO6/c22-18-15-3-1-2-4-16(15)19(23)21(18)12-5-7-13(8-6-12)26-11-14-9-10-17(27-14)20(24)25/h1-10H,11H2,(H,24,25). The Morgan fingerprint density at radius 1 is 0.926 bits per heavy atom. The molecule has 4 rings (SSSR count). The highest BCUT2D eigenvalue weighted by molar-refractivity contribution is 6.34. The maximum Gasteiger partial charge on any atom is 0.371 e. The number of fused-ring (bicyclic) bond motifs is 1. The Balaban J connectivity index is 1.47. The van der Waals surface area contributed by atoms with Crippen molar-refractivity contribution in [3.63, 3.8) is 0 Å². The number of carboxylic acids is 1. The number of hydrogen-bond acceptors (Lipinski definition) is 5. The van der Waals surface area contributed by atoms with Crippen LogP contribution in [0.3, 0.4) is 0 Å². The van der Waals surface area contributed by atoms with Gasteiger partial charge < -0.3 is 14.3 Å². The van der Waals surface area contributed by atoms with Crippen molar-refractivity contribution in [2.24, 2.45) is 0 Å². The van der Waals surface area contributed by atoms with Crippen molar-refractivity contribution in [1.29, 1.82) is 0 Å². The molecule has 7 heteroatoms. The van der Waals surface area contributed by atoms with E-state index in [1.807, 2.05) is 0 Å². The largest absolute Gasteiger partial charge is 0.486 e. The Hall–Kier alpha value is -3.87. The third-order valence-electron chi connectivity index (χ3n) is 4.14. The van der Waals surface area contributed by atoms with Gasteiger partial charge in [0.15, 0.2) is 0 Å². The number of hydrogen-bond donors (Lipinski definition) is 1. The summed E-state index contributed by atoms with van der Waals surface area (Å²) >= 11 is 0. The molecule has 134 valence electrons. The normalized spacial score (nSPS) is 13.0. The lowest BCUT2D eigenvalue weighted by atomic mass is 10.1. The van der Waals surface area contributed by atoms with Crippen LogP contribution in [-0.4, -0.2) is 22.9 Å². The number of imide groups is 1. The van der Waals surface area contributed by atoms with E-state index in [4.69, 9.17) is 14.3 Å². The monoisotopic (exact) mass is 363 g/mol. The van der Waals surface area contributed by atoms with Crippen LogP contribution < -0.4 is 9.64 Å². The molecule has 0 saturated carbocycles. The molecular formula is C20H13NO6. The highest BCUT2D eigenvalue weighted by atomic mass is 16.5. The summed E-state index contributed by atoms with van der Waals surface area (Å²) < 4.78 is 10.7. The number of aromatic carboxylic acids is 1. The second-order valence-electron chi connectivity index (χ2n) is 5.84. The fourth-order valence-corrected chi connectivity index (χ4v) is 2.84. The SMILES string of the molecule is O=C(O)c1ccc(COc2ccc(N3C(=O)c4ccccc4C3=O)cc2)o1. The van der Waals surface area contributed by atoms with Crippen molar-refractivity contribution >= 4 is 23.5 Å². The summed E-state index contributed by atoms with van der Waals surface area (Å²) in [5, 5.41) is 8.83. The number of carboxylic acid groups (broad SMARTS) is 1. The third kappa shape index (κ3) is 2.95. The van der Waals surface area contributed by atoms with Crippen LogP contribution in [0.2, 0.25) is 0 Å². The van der Waals surface area contributed by atoms with E-state index in [0.29, 0.717) is 28.3 Å². The minimum Gasteiger partial charge on any atom is -0.486 e. The van der Waals surface area contributed by atoms with Gasteiger partial charge in [0, 0.05) is 0 Å². The lowest BCUT2D eigenvalue weighted by Crippen LogP contribution is -2.29. The molecule has 2 heterocycles. The highest BCUT2D eigenvalue weighted by Crippen LogP contribution is 2.29. The molecule has 1 aliphatic rings. The smallest absolute Gasteiger partial charge is 0.371 e. The molecule has 27 heavy (non-hydrogen) atoms. The molecule has 2 amide bonds. The van der Waals surface area contributed by atoms with Crippen LogP contribution in [0.1, 0.15) is 37.0 Å². The van der Waals surface area contributed by atoms with Crippen LogP contribution in [-0.2, 0) is 6.61 Å². The van der Waals surface area contributed by atoms with Gasteiger partial charge in [-0.15, -0.1) is 0 Å². The third-order valence-corrected chi connectivity index (χ3v) is 4.14. The average Bonchev–Trinajstić information content (AvgIpc) is 3.25. The van der Waals surface area contributed by atoms with Gasteiger partial charge in [-0.25, -0.2) is 9.69 Å². The van der Waals surface area contributed by atoms with Gasteiger partial charge in [-0.2, -0.15) is 0 Å².